The lowest BCUT2D eigenvalue weighted by Crippen LogP contribution is -2.27. The van der Waals surface area contributed by atoms with Gasteiger partial charge in [0.1, 0.15) is 11.4 Å². The van der Waals surface area contributed by atoms with Crippen LogP contribution in [-0.2, 0) is 0 Å². The van der Waals surface area contributed by atoms with Gasteiger partial charge in [0, 0.05) is 13.0 Å². The highest BCUT2D eigenvalue weighted by Gasteiger charge is 2.28. The Bertz CT molecular complexity index is 730. The summed E-state index contributed by atoms with van der Waals surface area (Å²) in [6, 6.07) is -0.0118. The Morgan fingerprint density at radius 3 is 2.72 bits per heavy atom. The highest BCUT2D eigenvalue weighted by molar-refractivity contribution is 7.00. The van der Waals surface area contributed by atoms with Gasteiger partial charge >= 0.3 is 6.18 Å². The molecule has 2 aromatic rings. The molecule has 0 N–H and O–H groups in total. The van der Waals surface area contributed by atoms with Crippen LogP contribution in [0.1, 0.15) is 31.0 Å². The van der Waals surface area contributed by atoms with E-state index in [2.05, 4.69) is 34.5 Å². The fourth-order valence-corrected chi connectivity index (χ4v) is 3.59. The van der Waals surface area contributed by atoms with E-state index in [1.54, 1.807) is 0 Å². The maximum absolute atomic E-state index is 12.2. The first kappa shape index (κ1) is 18.2. The molecular formula is C14H16F3N5OS2. The van der Waals surface area contributed by atoms with Gasteiger partial charge in [-0.15, -0.1) is 4.37 Å². The highest BCUT2D eigenvalue weighted by atomic mass is 32.1. The summed E-state index contributed by atoms with van der Waals surface area (Å²) in [5, 5.41) is 0. The van der Waals surface area contributed by atoms with Crippen LogP contribution in [0, 0.1) is 0 Å². The Kier molecular flexibility index (Phi) is 5.64. The van der Waals surface area contributed by atoms with Gasteiger partial charge in [-0.25, -0.2) is 0 Å². The van der Waals surface area contributed by atoms with Crippen molar-refractivity contribution in [3.63, 3.8) is 0 Å². The molecule has 1 aliphatic heterocycles. The van der Waals surface area contributed by atoms with Crippen LogP contribution in [0.4, 0.5) is 13.2 Å². The number of likely N-dealkylation sites (N-methyl/N-ethyl adjacent to an activating group) is 1. The number of aromatic nitrogens is 4. The van der Waals surface area contributed by atoms with E-state index in [0.29, 0.717) is 11.4 Å². The first-order valence-electron chi connectivity index (χ1n) is 7.67. The molecule has 2 aromatic heterocycles. The molecule has 3 rings (SSSR count). The third-order valence-corrected chi connectivity index (χ3v) is 4.82. The number of alkyl halides is 3. The van der Waals surface area contributed by atoms with Crippen molar-refractivity contribution in [3.05, 3.63) is 17.8 Å². The second-order valence-electron chi connectivity index (χ2n) is 5.63. The van der Waals surface area contributed by atoms with Crippen LogP contribution in [0.2, 0.25) is 0 Å². The SMILES string of the molecule is CN1CCC=CC1c1nsnc1-c1nsnc1OCCCC(F)(F)F. The largest absolute Gasteiger partial charge is 0.475 e. The normalized spacial score (nSPS) is 18.6. The first-order chi connectivity index (χ1) is 12.0. The number of nitrogens with zero attached hydrogens (tertiary/aromatic N) is 5. The molecule has 0 fully saturated rings. The van der Waals surface area contributed by atoms with Crippen molar-refractivity contribution in [2.45, 2.75) is 31.5 Å². The predicted octanol–water partition coefficient (Wildman–Crippen LogP) is 3.71. The van der Waals surface area contributed by atoms with Crippen molar-refractivity contribution < 1.29 is 17.9 Å². The zero-order chi connectivity index (χ0) is 17.9. The number of ether oxygens (including phenoxy) is 1. The van der Waals surface area contributed by atoms with Crippen LogP contribution in [0.15, 0.2) is 12.2 Å². The Morgan fingerprint density at radius 2 is 1.96 bits per heavy atom. The van der Waals surface area contributed by atoms with Crippen LogP contribution in [0.5, 0.6) is 5.88 Å². The van der Waals surface area contributed by atoms with E-state index in [1.165, 1.54) is 0 Å². The van der Waals surface area contributed by atoms with Gasteiger partial charge in [0.25, 0.3) is 5.88 Å². The second kappa shape index (κ2) is 7.75. The van der Waals surface area contributed by atoms with Crippen molar-refractivity contribution in [1.82, 2.24) is 22.4 Å². The smallest absolute Gasteiger partial charge is 0.389 e. The second-order valence-corrected chi connectivity index (χ2v) is 6.68. The molecule has 6 nitrogen and oxygen atoms in total. The summed E-state index contributed by atoms with van der Waals surface area (Å²) in [5.74, 6) is 0.212. The minimum atomic E-state index is -4.18. The van der Waals surface area contributed by atoms with Gasteiger partial charge in [-0.1, -0.05) is 12.2 Å². The molecule has 1 atom stereocenters. The number of halogens is 3. The molecule has 1 unspecified atom stereocenters. The van der Waals surface area contributed by atoms with E-state index in [4.69, 9.17) is 4.74 Å². The summed E-state index contributed by atoms with van der Waals surface area (Å²) in [7, 11) is 2.01. The van der Waals surface area contributed by atoms with Crippen LogP contribution >= 0.6 is 23.5 Å². The van der Waals surface area contributed by atoms with Gasteiger partial charge in [-0.05, 0) is 19.9 Å². The molecule has 0 aromatic carbocycles. The quantitative estimate of drug-likeness (QED) is 0.553. The topological polar surface area (TPSA) is 64.0 Å². The zero-order valence-corrected chi connectivity index (χ0v) is 15.0. The summed E-state index contributed by atoms with van der Waals surface area (Å²) in [5.41, 5.74) is 1.78. The molecule has 0 radical (unpaired) electrons. The van der Waals surface area contributed by atoms with Gasteiger partial charge in [0.05, 0.1) is 36.1 Å². The number of hydrogen-bond donors (Lipinski definition) is 0. The van der Waals surface area contributed by atoms with E-state index in [0.717, 1.165) is 42.1 Å². The van der Waals surface area contributed by atoms with E-state index in [9.17, 15) is 13.2 Å². The molecule has 11 heteroatoms. The van der Waals surface area contributed by atoms with Gasteiger partial charge in [0.2, 0.25) is 0 Å². The summed E-state index contributed by atoms with van der Waals surface area (Å²) >= 11 is 2.01. The Balaban J connectivity index is 1.74. The third kappa shape index (κ3) is 4.53. The first-order valence-corrected chi connectivity index (χ1v) is 9.13. The van der Waals surface area contributed by atoms with Crippen LogP contribution < -0.4 is 4.74 Å². The molecule has 0 saturated heterocycles. The molecule has 0 bridgehead atoms. The number of hydrogen-bond acceptors (Lipinski definition) is 8. The molecule has 136 valence electrons. The van der Waals surface area contributed by atoms with Gasteiger partial charge < -0.3 is 4.74 Å². The molecule has 25 heavy (non-hydrogen) atoms. The molecule has 1 aliphatic rings. The Hall–Kier alpha value is -1.59. The minimum Gasteiger partial charge on any atom is -0.475 e. The van der Waals surface area contributed by atoms with Gasteiger partial charge in [-0.3, -0.25) is 4.90 Å². The van der Waals surface area contributed by atoms with Gasteiger partial charge in [0.15, 0.2) is 5.69 Å². The monoisotopic (exact) mass is 391 g/mol. The van der Waals surface area contributed by atoms with Crippen LogP contribution in [0.25, 0.3) is 11.4 Å². The molecule has 0 spiro atoms. The summed E-state index contributed by atoms with van der Waals surface area (Å²) in [6.45, 7) is 0.836. The summed E-state index contributed by atoms with van der Waals surface area (Å²) in [4.78, 5) is 2.16. The number of rotatable bonds is 6. The standard InChI is InChI=1S/C14H16F3N5OS2/c1-22-7-3-2-5-9(22)10-11(19-24-18-10)12-13(21-25-20-12)23-8-4-6-14(15,16)17/h2,5,9H,3-4,6-8H2,1H3. The highest BCUT2D eigenvalue weighted by Crippen LogP contribution is 2.35. The molecule has 3 heterocycles. The van der Waals surface area contributed by atoms with Gasteiger partial charge in [-0.2, -0.15) is 26.3 Å². The van der Waals surface area contributed by atoms with Crippen molar-refractivity contribution in [1.29, 1.82) is 0 Å². The van der Waals surface area contributed by atoms with E-state index >= 15 is 0 Å². The lowest BCUT2D eigenvalue weighted by atomic mass is 10.0. The van der Waals surface area contributed by atoms with E-state index in [-0.39, 0.29) is 24.9 Å². The maximum atomic E-state index is 12.2. The van der Waals surface area contributed by atoms with Crippen LogP contribution in [0.3, 0.4) is 0 Å². The minimum absolute atomic E-state index is 0.0118. The molecule has 0 aliphatic carbocycles. The van der Waals surface area contributed by atoms with Crippen molar-refractivity contribution >= 4 is 23.5 Å². The molecule has 0 saturated carbocycles. The maximum Gasteiger partial charge on any atom is 0.389 e. The Labute approximate surface area is 151 Å². The van der Waals surface area contributed by atoms with Crippen molar-refractivity contribution in [2.24, 2.45) is 0 Å². The third-order valence-electron chi connectivity index (χ3n) is 3.76. The lowest BCUT2D eigenvalue weighted by Gasteiger charge is -2.27. The fourth-order valence-electron chi connectivity index (χ4n) is 2.50. The summed E-state index contributed by atoms with van der Waals surface area (Å²) in [6.07, 6.45) is -0.0605. The predicted molar refractivity (Wildman–Crippen MR) is 88.7 cm³/mol. The van der Waals surface area contributed by atoms with Crippen molar-refractivity contribution in [2.75, 3.05) is 20.2 Å². The van der Waals surface area contributed by atoms with Crippen LogP contribution in [-0.4, -0.2) is 48.8 Å². The average Bonchev–Trinajstić information content (AvgIpc) is 3.19. The summed E-state index contributed by atoms with van der Waals surface area (Å²) < 4.78 is 59.0. The van der Waals surface area contributed by atoms with E-state index < -0.39 is 12.6 Å². The average molecular weight is 391 g/mol. The zero-order valence-electron chi connectivity index (χ0n) is 13.4. The molecule has 0 amide bonds. The fraction of sp³-hybridized carbons (Fsp3) is 0.571. The lowest BCUT2D eigenvalue weighted by molar-refractivity contribution is -0.136. The molecular weight excluding hydrogens is 375 g/mol. The van der Waals surface area contributed by atoms with Crippen molar-refractivity contribution in [3.8, 4) is 17.3 Å². The Morgan fingerprint density at radius 1 is 1.20 bits per heavy atom. The van der Waals surface area contributed by atoms with E-state index in [1.807, 2.05) is 7.05 Å².